The average molecular weight is 754 g/mol. The van der Waals surface area contributed by atoms with Gasteiger partial charge in [0.2, 0.25) is 5.91 Å². The summed E-state index contributed by atoms with van der Waals surface area (Å²) in [6, 6.07) is 18.5. The molecule has 1 unspecified atom stereocenters. The molecule has 0 spiro atoms. The summed E-state index contributed by atoms with van der Waals surface area (Å²) in [5.41, 5.74) is 19.9. The largest absolute Gasteiger partial charge is 0.482 e. The number of unbranched alkanes of at least 4 members (excludes halogenated alkanes) is 4. The van der Waals surface area contributed by atoms with E-state index in [1.54, 1.807) is 54.6 Å². The van der Waals surface area contributed by atoms with Crippen LogP contribution in [0.3, 0.4) is 0 Å². The second kappa shape index (κ2) is 19.9. The Kier molecular flexibility index (Phi) is 14.6. The minimum absolute atomic E-state index is 0.0281. The summed E-state index contributed by atoms with van der Waals surface area (Å²) >= 11 is 0. The van der Waals surface area contributed by atoms with Crippen LogP contribution >= 0.6 is 0 Å². The van der Waals surface area contributed by atoms with Gasteiger partial charge in [0.1, 0.15) is 5.75 Å². The maximum atomic E-state index is 13.5. The van der Waals surface area contributed by atoms with Crippen molar-refractivity contribution in [2.75, 3.05) is 36.9 Å². The van der Waals surface area contributed by atoms with Crippen molar-refractivity contribution in [3.63, 3.8) is 0 Å². The zero-order valence-corrected chi connectivity index (χ0v) is 31.0. The predicted octanol–water partition coefficient (Wildman–Crippen LogP) is 3.25. The van der Waals surface area contributed by atoms with Gasteiger partial charge in [-0.1, -0.05) is 31.4 Å². The maximum Gasteiger partial charge on any atom is 0.262 e. The molecule has 1 atom stereocenters. The minimum atomic E-state index is -0.578. The maximum absolute atomic E-state index is 13.5. The van der Waals surface area contributed by atoms with Crippen LogP contribution in [0.25, 0.3) is 0 Å². The van der Waals surface area contributed by atoms with Crippen LogP contribution in [0.4, 0.5) is 11.4 Å². The molecule has 55 heavy (non-hydrogen) atoms. The fraction of sp³-hybridized carbons (Fsp3) is 0.400. The summed E-state index contributed by atoms with van der Waals surface area (Å²) in [5, 5.41) is 11.4. The summed E-state index contributed by atoms with van der Waals surface area (Å²) in [6.45, 7) is 1.88. The molecule has 10 N–H and O–H groups in total. The molecule has 1 saturated carbocycles. The van der Waals surface area contributed by atoms with Gasteiger partial charge < -0.3 is 48.1 Å². The molecular weight excluding hydrogens is 702 g/mol. The molecule has 1 heterocycles. The van der Waals surface area contributed by atoms with Crippen molar-refractivity contribution in [2.24, 2.45) is 22.2 Å². The Labute approximate surface area is 320 Å². The van der Waals surface area contributed by atoms with Gasteiger partial charge in [0.25, 0.3) is 23.6 Å². The number of rotatable bonds is 20. The third-order valence-corrected chi connectivity index (χ3v) is 9.33. The number of fused-ring (bicyclic) bond motifs is 1. The molecule has 5 amide bonds. The lowest BCUT2D eigenvalue weighted by Gasteiger charge is -2.24. The Morgan fingerprint density at radius 2 is 1.45 bits per heavy atom. The number of amides is 5. The third-order valence-electron chi connectivity index (χ3n) is 9.33. The molecule has 0 radical (unpaired) electrons. The van der Waals surface area contributed by atoms with Crippen LogP contribution in [0.1, 0.15) is 94.4 Å². The van der Waals surface area contributed by atoms with Crippen molar-refractivity contribution < 1.29 is 28.7 Å². The van der Waals surface area contributed by atoms with Gasteiger partial charge in [-0.25, -0.2) is 0 Å². The lowest BCUT2D eigenvalue weighted by molar-refractivity contribution is -0.122. The van der Waals surface area contributed by atoms with E-state index in [9.17, 15) is 24.0 Å². The normalized spacial score (nSPS) is 13.7. The van der Waals surface area contributed by atoms with E-state index in [0.717, 1.165) is 50.5 Å². The number of hydrogen-bond acceptors (Lipinski definition) is 8. The second-order valence-corrected chi connectivity index (χ2v) is 13.8. The summed E-state index contributed by atoms with van der Waals surface area (Å²) < 4.78 is 5.49. The monoisotopic (exact) mass is 753 g/mol. The predicted molar refractivity (Wildman–Crippen MR) is 211 cm³/mol. The number of benzene rings is 3. The van der Waals surface area contributed by atoms with Crippen molar-refractivity contribution in [3.05, 3.63) is 89.0 Å². The van der Waals surface area contributed by atoms with Crippen LogP contribution in [-0.4, -0.2) is 78.7 Å². The van der Waals surface area contributed by atoms with E-state index < -0.39 is 6.04 Å². The summed E-state index contributed by atoms with van der Waals surface area (Å²) in [7, 11) is 0. The lowest BCUT2D eigenvalue weighted by Crippen LogP contribution is -2.41. The molecule has 0 bridgehead atoms. The van der Waals surface area contributed by atoms with Gasteiger partial charge in [-0.2, -0.15) is 0 Å². The minimum Gasteiger partial charge on any atom is -0.482 e. The quantitative estimate of drug-likeness (QED) is 0.0509. The number of anilines is 2. The van der Waals surface area contributed by atoms with Crippen LogP contribution in [0.15, 0.2) is 71.7 Å². The highest BCUT2D eigenvalue weighted by molar-refractivity contribution is 6.04. The zero-order valence-electron chi connectivity index (χ0n) is 31.0. The fourth-order valence-electron chi connectivity index (χ4n) is 6.07. The Morgan fingerprint density at radius 1 is 0.818 bits per heavy atom. The molecule has 1 aliphatic carbocycles. The molecule has 3 aromatic carbocycles. The van der Waals surface area contributed by atoms with Gasteiger partial charge in [0.15, 0.2) is 12.6 Å². The van der Waals surface area contributed by atoms with E-state index in [1.807, 2.05) is 17.0 Å². The third kappa shape index (κ3) is 12.6. The highest BCUT2D eigenvalue weighted by Gasteiger charge is 2.33. The number of carbonyl (C=O) groups is 5. The first-order chi connectivity index (χ1) is 26.6. The first-order valence-corrected chi connectivity index (χ1v) is 18.8. The van der Waals surface area contributed by atoms with E-state index in [2.05, 4.69) is 26.3 Å². The lowest BCUT2D eigenvalue weighted by atomic mass is 10.1. The first-order valence-electron chi connectivity index (χ1n) is 18.8. The van der Waals surface area contributed by atoms with Crippen LogP contribution < -0.4 is 43.2 Å². The number of ether oxygens (including phenoxy) is 1. The smallest absolute Gasteiger partial charge is 0.262 e. The molecule has 5 rings (SSSR count). The SMILES string of the molecule is NC(N)=NCCCC(N)C(=O)NCCCCCCCNC(=O)c1ccc(NC(=O)c2ccc(CN(C(=O)c3ccc4c(c3)OCC(=O)N4)C3CC3)cc2)cc1. The van der Waals surface area contributed by atoms with E-state index in [4.69, 9.17) is 21.9 Å². The first kappa shape index (κ1) is 40.2. The average Bonchev–Trinajstić information content (AvgIpc) is 4.03. The number of nitrogens with zero attached hydrogens (tertiary/aromatic N) is 2. The summed E-state index contributed by atoms with van der Waals surface area (Å²) in [5.74, 6) is -0.489. The van der Waals surface area contributed by atoms with Gasteiger partial charge in [-0.3, -0.25) is 29.0 Å². The van der Waals surface area contributed by atoms with Gasteiger partial charge in [0.05, 0.1) is 11.7 Å². The van der Waals surface area contributed by atoms with Gasteiger partial charge in [-0.05, 0) is 98.7 Å². The van der Waals surface area contributed by atoms with Crippen LogP contribution in [0, 0.1) is 0 Å². The molecule has 15 heteroatoms. The molecule has 3 aromatic rings. The molecule has 2 aliphatic rings. The molecular formula is C40H51N9O6. The highest BCUT2D eigenvalue weighted by Crippen LogP contribution is 2.33. The van der Waals surface area contributed by atoms with Crippen molar-refractivity contribution in [2.45, 2.75) is 76.4 Å². The van der Waals surface area contributed by atoms with Crippen molar-refractivity contribution in [1.29, 1.82) is 0 Å². The zero-order chi connectivity index (χ0) is 39.2. The van der Waals surface area contributed by atoms with Crippen LogP contribution in [0.2, 0.25) is 0 Å². The van der Waals surface area contributed by atoms with Crippen molar-refractivity contribution in [3.8, 4) is 5.75 Å². The summed E-state index contributed by atoms with van der Waals surface area (Å²) in [4.78, 5) is 68.5. The molecule has 292 valence electrons. The van der Waals surface area contributed by atoms with E-state index in [0.29, 0.717) is 72.8 Å². The van der Waals surface area contributed by atoms with Crippen molar-refractivity contribution in [1.82, 2.24) is 15.5 Å². The number of aliphatic imine (C=N–C) groups is 1. The van der Waals surface area contributed by atoms with E-state index >= 15 is 0 Å². The number of hydrogen-bond donors (Lipinski definition) is 7. The molecule has 1 aliphatic heterocycles. The molecule has 1 fully saturated rings. The number of carbonyl (C=O) groups excluding carboxylic acids is 5. The highest BCUT2D eigenvalue weighted by atomic mass is 16.5. The molecule has 0 saturated heterocycles. The molecule has 15 nitrogen and oxygen atoms in total. The van der Waals surface area contributed by atoms with E-state index in [-0.39, 0.29) is 48.1 Å². The number of nitrogens with one attached hydrogen (secondary N) is 4. The topological polar surface area (TPSA) is 236 Å². The standard InChI is InChI=1S/C40H51N9O6/c41-32(7-6-22-46-40(42)43)38(53)45-21-5-3-1-2-4-20-44-36(51)27-12-15-30(16-13-27)47-37(52)28-10-8-26(9-11-28)24-49(31-17-18-31)39(54)29-14-19-33-34(23-29)55-25-35(50)48-33/h8-16,19,23,31-32H,1-7,17-18,20-22,24-25,41H2,(H,44,51)(H,45,53)(H,47,52)(H,48,50)(H4,42,43,46). The van der Waals surface area contributed by atoms with Gasteiger partial charge in [-0.15, -0.1) is 0 Å². The van der Waals surface area contributed by atoms with Crippen LogP contribution in [0.5, 0.6) is 5.75 Å². The fourth-order valence-corrected chi connectivity index (χ4v) is 6.07. The van der Waals surface area contributed by atoms with Crippen molar-refractivity contribution >= 4 is 46.9 Å². The Bertz CT molecular complexity index is 1840. The second-order valence-electron chi connectivity index (χ2n) is 13.8. The Hall–Kier alpha value is -5.96. The number of nitrogens with two attached hydrogens (primary N) is 3. The van der Waals surface area contributed by atoms with E-state index in [1.165, 1.54) is 0 Å². The summed E-state index contributed by atoms with van der Waals surface area (Å²) in [6.07, 6.45) is 7.60. The molecule has 0 aromatic heterocycles. The Balaban J connectivity index is 0.970. The Morgan fingerprint density at radius 3 is 2.15 bits per heavy atom. The van der Waals surface area contributed by atoms with Gasteiger partial charge in [0, 0.05) is 54.6 Å². The number of guanidine groups is 1. The van der Waals surface area contributed by atoms with Gasteiger partial charge >= 0.3 is 0 Å². The van der Waals surface area contributed by atoms with Crippen LogP contribution in [-0.2, 0) is 16.1 Å².